The maximum absolute atomic E-state index is 3.91. The molecule has 4 heteroatoms. The van der Waals surface area contributed by atoms with E-state index in [1.54, 1.807) is 11.3 Å². The van der Waals surface area contributed by atoms with Crippen molar-refractivity contribution < 1.29 is 37.1 Å². The zero-order chi connectivity index (χ0) is 5.28. The third-order valence-corrected chi connectivity index (χ3v) is 1.46. The van der Waals surface area contributed by atoms with E-state index in [2.05, 4.69) is 11.2 Å². The Morgan fingerprint density at radius 3 is 2.00 bits per heavy atom. The van der Waals surface area contributed by atoms with Crippen LogP contribution in [0.15, 0.2) is 0 Å². The predicted octanol–water partition coefficient (Wildman–Crippen LogP) is 1.56. The molecular weight excluding hydrogens is 208 g/mol. The van der Waals surface area contributed by atoms with Gasteiger partial charge in [0.2, 0.25) is 0 Å². The van der Waals surface area contributed by atoms with Gasteiger partial charge in [0.1, 0.15) is 0 Å². The molecule has 0 saturated heterocycles. The summed E-state index contributed by atoms with van der Waals surface area (Å²) in [6.45, 7) is 3.98. The third kappa shape index (κ3) is 4.24. The topological polar surface area (TPSA) is 12.9 Å². The summed E-state index contributed by atoms with van der Waals surface area (Å²) in [7, 11) is 0. The fourth-order valence-electron chi connectivity index (χ4n) is 0.425. The molecule has 1 rings (SSSR count). The largest absolute Gasteiger partial charge is 0.446 e. The van der Waals surface area contributed by atoms with Gasteiger partial charge in [-0.3, -0.25) is 0 Å². The van der Waals surface area contributed by atoms with Crippen LogP contribution < -0.4 is 0 Å². The molecule has 1 aromatic heterocycles. The molecule has 0 unspecified atom stereocenters. The maximum atomic E-state index is 3.91. The van der Waals surface area contributed by atoms with Gasteiger partial charge in [-0.05, 0) is 6.92 Å². The first kappa shape index (κ1) is 12.5. The number of rotatable bonds is 0. The van der Waals surface area contributed by atoms with E-state index in [0.29, 0.717) is 0 Å². The summed E-state index contributed by atoms with van der Waals surface area (Å²) < 4.78 is 0. The summed E-state index contributed by atoms with van der Waals surface area (Å²) in [5.41, 5.74) is 0. The molecule has 0 saturated carbocycles. The minimum absolute atomic E-state index is 0. The Kier molecular flexibility index (Phi) is 7.72. The van der Waals surface area contributed by atoms with E-state index in [1.165, 1.54) is 0 Å². The summed E-state index contributed by atoms with van der Waals surface area (Å²) in [4.78, 5) is 5.07. The van der Waals surface area contributed by atoms with Crippen LogP contribution in [0.1, 0.15) is 9.88 Å². The van der Waals surface area contributed by atoms with Gasteiger partial charge in [0, 0.05) is 37.1 Å². The van der Waals surface area contributed by atoms with E-state index in [4.69, 9.17) is 0 Å². The molecule has 0 aliphatic carbocycles. The molecule has 9 heavy (non-hydrogen) atoms. The Morgan fingerprint density at radius 2 is 1.89 bits per heavy atom. The number of hydrogen-bond acceptors (Lipinski definition) is 2. The summed E-state index contributed by atoms with van der Waals surface area (Å²) in [5.74, 6) is 0. The Morgan fingerprint density at radius 1 is 1.33 bits per heavy atom. The molecule has 1 nitrogen and oxygen atoms in total. The van der Waals surface area contributed by atoms with Gasteiger partial charge in [0.15, 0.2) is 0 Å². The standard InChI is InChI=1S/C5H6NS.2V/c1-4-3-6-5(2)7-4;;/h1-2H3;;/q-1;;. The van der Waals surface area contributed by atoms with Gasteiger partial charge >= 0.3 is 0 Å². The van der Waals surface area contributed by atoms with Crippen molar-refractivity contribution in [1.82, 2.24) is 4.98 Å². The van der Waals surface area contributed by atoms with E-state index in [1.807, 2.05) is 13.8 Å². The van der Waals surface area contributed by atoms with Crippen LogP contribution in [0.3, 0.4) is 0 Å². The van der Waals surface area contributed by atoms with Crippen molar-refractivity contribution in [2.75, 3.05) is 0 Å². The average Bonchev–Trinajstić information content (AvgIpc) is 1.87. The van der Waals surface area contributed by atoms with Crippen molar-refractivity contribution in [2.45, 2.75) is 13.8 Å². The van der Waals surface area contributed by atoms with E-state index in [9.17, 15) is 0 Å². The molecule has 1 aromatic rings. The molecule has 0 amide bonds. The van der Waals surface area contributed by atoms with E-state index in [0.717, 1.165) is 9.88 Å². The number of aryl methyl sites for hydroxylation is 2. The molecule has 0 aliphatic heterocycles. The third-order valence-electron chi connectivity index (χ3n) is 0.672. The number of thiazole rings is 1. The quantitative estimate of drug-likeness (QED) is 0.597. The smallest absolute Gasteiger partial charge is 0 e. The summed E-state index contributed by atoms with van der Waals surface area (Å²) >= 11 is 1.68. The van der Waals surface area contributed by atoms with E-state index >= 15 is 0 Å². The second kappa shape index (κ2) is 5.57. The van der Waals surface area contributed by atoms with Crippen LogP contribution in [0.2, 0.25) is 0 Å². The number of hydrogen-bond donors (Lipinski definition) is 0. The van der Waals surface area contributed by atoms with Crippen molar-refractivity contribution in [2.24, 2.45) is 0 Å². The van der Waals surface area contributed by atoms with Gasteiger partial charge in [0.05, 0.1) is 0 Å². The van der Waals surface area contributed by atoms with Gasteiger partial charge in [-0.1, -0.05) is 16.8 Å². The molecule has 48 valence electrons. The van der Waals surface area contributed by atoms with Crippen molar-refractivity contribution >= 4 is 11.3 Å². The fraction of sp³-hybridized carbons (Fsp3) is 0.400. The van der Waals surface area contributed by atoms with Crippen molar-refractivity contribution in [3.8, 4) is 0 Å². The molecule has 0 aromatic carbocycles. The first-order valence-corrected chi connectivity index (χ1v) is 2.92. The maximum Gasteiger partial charge on any atom is 0 e. The van der Waals surface area contributed by atoms with Gasteiger partial charge < -0.3 is 4.98 Å². The van der Waals surface area contributed by atoms with Gasteiger partial charge in [-0.25, -0.2) is 11.3 Å². The van der Waals surface area contributed by atoms with Crippen LogP contribution in [-0.4, -0.2) is 4.98 Å². The predicted molar refractivity (Wildman–Crippen MR) is 30.4 cm³/mol. The molecule has 0 spiro atoms. The van der Waals surface area contributed by atoms with E-state index in [-0.39, 0.29) is 37.1 Å². The molecule has 0 atom stereocenters. The first-order valence-electron chi connectivity index (χ1n) is 2.11. The second-order valence-electron chi connectivity index (χ2n) is 1.40. The minimum Gasteiger partial charge on any atom is -0.446 e. The SMILES string of the molecule is Cc1[c-]nc(C)s1.[V].[V]. The fourth-order valence-corrected chi connectivity index (χ4v) is 1.05. The van der Waals surface area contributed by atoms with Crippen LogP contribution in [0.4, 0.5) is 0 Å². The zero-order valence-corrected chi connectivity index (χ0v) is 8.86. The molecular formula is C5H6NSV2-. The zero-order valence-electron chi connectivity index (χ0n) is 5.25. The van der Waals surface area contributed by atoms with Gasteiger partial charge in [-0.2, -0.15) is 0 Å². The Bertz CT molecular complexity index is 147. The first-order chi connectivity index (χ1) is 3.29. The Labute approximate surface area is 83.0 Å². The second-order valence-corrected chi connectivity index (χ2v) is 2.81. The van der Waals surface area contributed by atoms with Crippen LogP contribution in [-0.2, 0) is 37.1 Å². The van der Waals surface area contributed by atoms with Crippen LogP contribution >= 0.6 is 11.3 Å². The van der Waals surface area contributed by atoms with Crippen molar-refractivity contribution in [1.29, 1.82) is 0 Å². The normalized spacial score (nSPS) is 7.33. The number of aromatic nitrogens is 1. The molecule has 2 radical (unpaired) electrons. The van der Waals surface area contributed by atoms with Gasteiger partial charge in [0.25, 0.3) is 0 Å². The van der Waals surface area contributed by atoms with Crippen molar-refractivity contribution in [3.05, 3.63) is 16.1 Å². The molecule has 0 N–H and O–H groups in total. The monoisotopic (exact) mass is 214 g/mol. The van der Waals surface area contributed by atoms with Crippen LogP contribution in [0.25, 0.3) is 0 Å². The Hall–Kier alpha value is 0.799. The summed E-state index contributed by atoms with van der Waals surface area (Å²) in [6.07, 6.45) is 2.84. The minimum atomic E-state index is 0. The Balaban J connectivity index is 0. The molecule has 1 heterocycles. The van der Waals surface area contributed by atoms with Crippen LogP contribution in [0, 0.1) is 20.0 Å². The average molecular weight is 214 g/mol. The molecule has 0 aliphatic rings. The molecule has 0 bridgehead atoms. The summed E-state index contributed by atoms with van der Waals surface area (Å²) in [6, 6.07) is 0. The van der Waals surface area contributed by atoms with Crippen LogP contribution in [0.5, 0.6) is 0 Å². The van der Waals surface area contributed by atoms with Gasteiger partial charge in [-0.15, -0.1) is 6.20 Å². The van der Waals surface area contributed by atoms with E-state index < -0.39 is 0 Å². The summed E-state index contributed by atoms with van der Waals surface area (Å²) in [5, 5.41) is 1.09. The molecule has 0 fully saturated rings. The number of nitrogens with zero attached hydrogens (tertiary/aromatic N) is 1. The van der Waals surface area contributed by atoms with Crippen molar-refractivity contribution in [3.63, 3.8) is 0 Å².